The molecular weight excluding hydrogens is 352 g/mol. The number of benzene rings is 3. The summed E-state index contributed by atoms with van der Waals surface area (Å²) in [6, 6.07) is 24.3. The van der Waals surface area contributed by atoms with Crippen LogP contribution in [0, 0.1) is 0 Å². The van der Waals surface area contributed by atoms with E-state index in [1.165, 1.54) is 0 Å². The maximum Gasteiger partial charge on any atom is 0.255 e. The van der Waals surface area contributed by atoms with Gasteiger partial charge in [-0.3, -0.25) is 14.8 Å². The molecule has 142 valence electrons. The second-order valence-electron chi connectivity index (χ2n) is 6.72. The van der Waals surface area contributed by atoms with Gasteiger partial charge >= 0.3 is 0 Å². The molecule has 0 saturated carbocycles. The van der Waals surface area contributed by atoms with E-state index in [1.807, 2.05) is 66.7 Å². The fourth-order valence-corrected chi connectivity index (χ4v) is 3.14. The van der Waals surface area contributed by atoms with Gasteiger partial charge in [-0.25, -0.2) is 5.48 Å². The van der Waals surface area contributed by atoms with E-state index in [9.17, 15) is 9.59 Å². The second kappa shape index (κ2) is 8.50. The van der Waals surface area contributed by atoms with Crippen molar-refractivity contribution in [3.63, 3.8) is 0 Å². The van der Waals surface area contributed by atoms with Crippen molar-refractivity contribution in [2.24, 2.45) is 0 Å². The Morgan fingerprint density at radius 3 is 1.79 bits per heavy atom. The van der Waals surface area contributed by atoms with Crippen LogP contribution in [0.15, 0.2) is 78.9 Å². The molecule has 5 heteroatoms. The van der Waals surface area contributed by atoms with Crippen molar-refractivity contribution in [1.82, 2.24) is 10.4 Å². The zero-order valence-electron chi connectivity index (χ0n) is 15.8. The number of hydroxylamine groups is 1. The van der Waals surface area contributed by atoms with Crippen molar-refractivity contribution in [3.8, 4) is 11.1 Å². The molecule has 0 radical (unpaired) electrons. The van der Waals surface area contributed by atoms with Crippen LogP contribution in [0.4, 0.5) is 0 Å². The van der Waals surface area contributed by atoms with Gasteiger partial charge in [0.2, 0.25) is 0 Å². The molecule has 0 aromatic heterocycles. The summed E-state index contributed by atoms with van der Waals surface area (Å²) < 4.78 is 0. The molecule has 1 unspecified atom stereocenters. The highest BCUT2D eigenvalue weighted by Crippen LogP contribution is 2.28. The molecule has 2 amide bonds. The molecule has 0 fully saturated rings. The number of carbonyl (C=O) groups excluding carboxylic acids is 2. The van der Waals surface area contributed by atoms with Gasteiger partial charge in [0.25, 0.3) is 11.8 Å². The second-order valence-corrected chi connectivity index (χ2v) is 6.72. The number of hydrogen-bond acceptors (Lipinski definition) is 3. The van der Waals surface area contributed by atoms with Gasteiger partial charge in [-0.1, -0.05) is 66.7 Å². The van der Waals surface area contributed by atoms with Crippen molar-refractivity contribution in [2.45, 2.75) is 5.92 Å². The predicted octanol–water partition coefficient (Wildman–Crippen LogP) is 3.69. The molecule has 0 spiro atoms. The summed E-state index contributed by atoms with van der Waals surface area (Å²) in [5, 5.41) is 9.14. The van der Waals surface area contributed by atoms with Crippen molar-refractivity contribution < 1.29 is 14.8 Å². The molecule has 3 aromatic carbocycles. The molecule has 2 N–H and O–H groups in total. The van der Waals surface area contributed by atoms with Crippen LogP contribution in [0.25, 0.3) is 11.1 Å². The first-order valence-electron chi connectivity index (χ1n) is 8.92. The lowest BCUT2D eigenvalue weighted by Gasteiger charge is -2.16. The van der Waals surface area contributed by atoms with E-state index < -0.39 is 11.8 Å². The van der Waals surface area contributed by atoms with Gasteiger partial charge in [-0.15, -0.1) is 0 Å². The number of nitrogens with one attached hydrogen (secondary N) is 1. The first-order chi connectivity index (χ1) is 13.5. The van der Waals surface area contributed by atoms with Crippen LogP contribution in [0.2, 0.25) is 0 Å². The van der Waals surface area contributed by atoms with E-state index in [4.69, 9.17) is 5.21 Å². The highest BCUT2D eigenvalue weighted by molar-refractivity contribution is 5.94. The van der Waals surface area contributed by atoms with E-state index in [1.54, 1.807) is 36.6 Å². The molecule has 0 heterocycles. The van der Waals surface area contributed by atoms with Crippen LogP contribution in [0.1, 0.15) is 27.4 Å². The number of carbonyl (C=O) groups is 2. The smallest absolute Gasteiger partial charge is 0.255 e. The monoisotopic (exact) mass is 374 g/mol. The Labute approximate surface area is 164 Å². The molecule has 5 nitrogen and oxygen atoms in total. The summed E-state index contributed by atoms with van der Waals surface area (Å²) in [5.74, 6) is -1.12. The quantitative estimate of drug-likeness (QED) is 0.529. The SMILES string of the molecule is CN(C)C(=O)c1ccc(-c2ccc(C(C(=O)NO)c3ccccc3)cc2)cc1. The van der Waals surface area contributed by atoms with Crippen molar-refractivity contribution >= 4 is 11.8 Å². The van der Waals surface area contributed by atoms with Crippen LogP contribution in [-0.2, 0) is 4.79 Å². The van der Waals surface area contributed by atoms with Crippen molar-refractivity contribution in [3.05, 3.63) is 95.6 Å². The Bertz CT molecular complexity index is 949. The van der Waals surface area contributed by atoms with Crippen LogP contribution in [-0.4, -0.2) is 36.0 Å². The van der Waals surface area contributed by atoms with Gasteiger partial charge in [0, 0.05) is 19.7 Å². The molecule has 3 rings (SSSR count). The maximum atomic E-state index is 12.2. The summed E-state index contributed by atoms with van der Waals surface area (Å²) in [4.78, 5) is 25.8. The lowest BCUT2D eigenvalue weighted by molar-refractivity contribution is -0.129. The van der Waals surface area contributed by atoms with Gasteiger partial charge in [0.05, 0.1) is 5.92 Å². The minimum absolute atomic E-state index is 0.0392. The first kappa shape index (κ1) is 19.3. The van der Waals surface area contributed by atoms with Gasteiger partial charge < -0.3 is 4.90 Å². The fourth-order valence-electron chi connectivity index (χ4n) is 3.14. The molecule has 28 heavy (non-hydrogen) atoms. The number of nitrogens with zero attached hydrogens (tertiary/aromatic N) is 1. The Morgan fingerprint density at radius 1 is 0.786 bits per heavy atom. The Morgan fingerprint density at radius 2 is 1.29 bits per heavy atom. The molecule has 0 bridgehead atoms. The van der Waals surface area contributed by atoms with E-state index in [-0.39, 0.29) is 5.91 Å². The summed E-state index contributed by atoms with van der Waals surface area (Å²) in [7, 11) is 3.45. The fraction of sp³-hybridized carbons (Fsp3) is 0.130. The lowest BCUT2D eigenvalue weighted by Crippen LogP contribution is -2.27. The van der Waals surface area contributed by atoms with Gasteiger partial charge in [0.15, 0.2) is 0 Å². The van der Waals surface area contributed by atoms with E-state index in [0.717, 1.165) is 22.3 Å². The van der Waals surface area contributed by atoms with E-state index in [0.29, 0.717) is 5.56 Å². The lowest BCUT2D eigenvalue weighted by atomic mass is 9.89. The molecule has 0 saturated heterocycles. The van der Waals surface area contributed by atoms with Gasteiger partial charge in [0.1, 0.15) is 0 Å². The van der Waals surface area contributed by atoms with E-state index >= 15 is 0 Å². The number of hydrogen-bond donors (Lipinski definition) is 2. The van der Waals surface area contributed by atoms with Crippen molar-refractivity contribution in [2.75, 3.05) is 14.1 Å². The maximum absolute atomic E-state index is 12.2. The first-order valence-corrected chi connectivity index (χ1v) is 8.92. The Balaban J connectivity index is 1.88. The minimum Gasteiger partial charge on any atom is -0.345 e. The third-order valence-corrected chi connectivity index (χ3v) is 4.62. The van der Waals surface area contributed by atoms with Gasteiger partial charge in [-0.2, -0.15) is 0 Å². The third kappa shape index (κ3) is 4.10. The molecule has 0 aliphatic heterocycles. The third-order valence-electron chi connectivity index (χ3n) is 4.62. The normalized spacial score (nSPS) is 11.5. The summed E-state index contributed by atoms with van der Waals surface area (Å²) in [5.41, 5.74) is 5.92. The Hall–Kier alpha value is -3.44. The molecule has 1 atom stereocenters. The van der Waals surface area contributed by atoms with E-state index in [2.05, 4.69) is 0 Å². The van der Waals surface area contributed by atoms with Gasteiger partial charge in [-0.05, 0) is 34.4 Å². The molecule has 0 aliphatic rings. The van der Waals surface area contributed by atoms with Crippen LogP contribution in [0.3, 0.4) is 0 Å². The summed E-state index contributed by atoms with van der Waals surface area (Å²) in [6.07, 6.45) is 0. The molecule has 0 aliphatic carbocycles. The number of rotatable bonds is 5. The molecular formula is C23H22N2O3. The van der Waals surface area contributed by atoms with Crippen LogP contribution in [0.5, 0.6) is 0 Å². The largest absolute Gasteiger partial charge is 0.345 e. The topological polar surface area (TPSA) is 69.6 Å². The predicted molar refractivity (Wildman–Crippen MR) is 108 cm³/mol. The summed E-state index contributed by atoms with van der Waals surface area (Å²) >= 11 is 0. The Kier molecular flexibility index (Phi) is 5.87. The zero-order valence-corrected chi connectivity index (χ0v) is 15.8. The number of amides is 2. The summed E-state index contributed by atoms with van der Waals surface area (Å²) in [6.45, 7) is 0. The average Bonchev–Trinajstić information content (AvgIpc) is 2.74. The minimum atomic E-state index is -0.597. The molecule has 3 aromatic rings. The standard InChI is InChI=1S/C23H22N2O3/c1-25(2)23(27)20-14-10-17(11-15-20)16-8-12-19(13-9-16)21(22(26)24-28)18-6-4-3-5-7-18/h3-15,21,28H,1-2H3,(H,24,26). The highest BCUT2D eigenvalue weighted by atomic mass is 16.5. The van der Waals surface area contributed by atoms with Crippen LogP contribution < -0.4 is 5.48 Å². The van der Waals surface area contributed by atoms with Crippen molar-refractivity contribution in [1.29, 1.82) is 0 Å². The average molecular weight is 374 g/mol. The highest BCUT2D eigenvalue weighted by Gasteiger charge is 2.22. The zero-order chi connectivity index (χ0) is 20.1. The van der Waals surface area contributed by atoms with Crippen LogP contribution >= 0.6 is 0 Å².